The molecule has 3 aromatic rings. The third-order valence-electron chi connectivity index (χ3n) is 3.46. The molecule has 2 heterocycles. The predicted octanol–water partition coefficient (Wildman–Crippen LogP) is 7.56. The van der Waals surface area contributed by atoms with Crippen molar-refractivity contribution >= 4 is 92.2 Å². The monoisotopic (exact) mass is 653 g/mol. The Balaban J connectivity index is 0.000000245. The van der Waals surface area contributed by atoms with Crippen molar-refractivity contribution in [3.63, 3.8) is 0 Å². The van der Waals surface area contributed by atoms with E-state index < -0.39 is 0 Å². The largest absolute Gasteiger partial charge is 0.417 e. The summed E-state index contributed by atoms with van der Waals surface area (Å²) in [7, 11) is 0. The van der Waals surface area contributed by atoms with Gasteiger partial charge in [-0.2, -0.15) is 9.97 Å². The molecule has 0 atom stereocenters. The van der Waals surface area contributed by atoms with Crippen LogP contribution in [-0.2, 0) is 6.54 Å². The molecule has 31 heavy (non-hydrogen) atoms. The summed E-state index contributed by atoms with van der Waals surface area (Å²) in [6.07, 6.45) is 0. The molecule has 0 unspecified atom stereocenters. The van der Waals surface area contributed by atoms with Crippen LogP contribution < -0.4 is 10.1 Å². The molecule has 2 aromatic heterocycles. The van der Waals surface area contributed by atoms with Gasteiger partial charge in [-0.15, -0.1) is 0 Å². The highest BCUT2D eigenvalue weighted by Crippen LogP contribution is 2.37. The maximum Gasteiger partial charge on any atom is 0.241 e. The summed E-state index contributed by atoms with van der Waals surface area (Å²) in [6.45, 7) is 1.69. The highest BCUT2D eigenvalue weighted by Gasteiger charge is 2.15. The molecule has 0 aliphatic rings. The van der Waals surface area contributed by atoms with Gasteiger partial charge in [0.2, 0.25) is 11.8 Å². The molecule has 12 heteroatoms. The van der Waals surface area contributed by atoms with Crippen LogP contribution in [-0.4, -0.2) is 28.2 Å². The lowest BCUT2D eigenvalue weighted by Crippen LogP contribution is -2.17. The first-order chi connectivity index (χ1) is 14.7. The van der Waals surface area contributed by atoms with Gasteiger partial charge in [-0.3, -0.25) is 0 Å². The van der Waals surface area contributed by atoms with E-state index in [0.717, 1.165) is 6.54 Å². The Morgan fingerprint density at radius 3 is 1.84 bits per heavy atom. The van der Waals surface area contributed by atoms with E-state index in [4.69, 9.17) is 79.4 Å². The fourth-order valence-corrected chi connectivity index (χ4v) is 3.67. The predicted molar refractivity (Wildman–Crippen MR) is 137 cm³/mol. The third kappa shape index (κ3) is 8.53. The molecule has 2 N–H and O–H groups in total. The SMILES string of the molecule is Clc1cc(Cl)c(Oc2nc(Cl)c(Cl)cc2Cl)nc1Cl.OCCNCc1ccccc1I. The average Bonchev–Trinajstić information content (AvgIpc) is 2.72. The van der Waals surface area contributed by atoms with Crippen molar-refractivity contribution in [3.8, 4) is 11.8 Å². The summed E-state index contributed by atoms with van der Waals surface area (Å²) < 4.78 is 6.60. The molecule has 0 bridgehead atoms. The molecule has 0 saturated carbocycles. The molecule has 0 spiro atoms. The second-order valence-corrected chi connectivity index (χ2v) is 9.20. The normalized spacial score (nSPS) is 10.5. The number of benzene rings is 1. The first-order valence-electron chi connectivity index (χ1n) is 8.48. The lowest BCUT2D eigenvalue weighted by molar-refractivity contribution is 0.292. The zero-order valence-electron chi connectivity index (χ0n) is 15.5. The average molecular weight is 656 g/mol. The van der Waals surface area contributed by atoms with Gasteiger partial charge in [-0.05, 0) is 46.4 Å². The highest BCUT2D eigenvalue weighted by atomic mass is 127. The van der Waals surface area contributed by atoms with Crippen LogP contribution in [0.15, 0.2) is 36.4 Å². The second-order valence-electron chi connectivity index (χ2n) is 5.69. The molecule has 0 amide bonds. The van der Waals surface area contributed by atoms with Crippen LogP contribution in [0.3, 0.4) is 0 Å². The fourth-order valence-electron chi connectivity index (χ4n) is 2.04. The van der Waals surface area contributed by atoms with E-state index in [1.165, 1.54) is 21.3 Å². The second kappa shape index (κ2) is 13.4. The third-order valence-corrected chi connectivity index (χ3v) is 6.40. The van der Waals surface area contributed by atoms with Crippen LogP contribution in [0.5, 0.6) is 11.8 Å². The van der Waals surface area contributed by atoms with Crippen molar-refractivity contribution in [2.45, 2.75) is 6.54 Å². The number of pyridine rings is 2. The number of hydrogen-bond donors (Lipinski definition) is 2. The Morgan fingerprint density at radius 2 is 1.35 bits per heavy atom. The van der Waals surface area contributed by atoms with Gasteiger partial charge in [0.1, 0.15) is 10.0 Å². The number of ether oxygens (including phenoxy) is 1. The molecular formula is C19H14Cl6IN3O2. The van der Waals surface area contributed by atoms with Gasteiger partial charge in [-0.1, -0.05) is 87.8 Å². The van der Waals surface area contributed by atoms with Gasteiger partial charge in [0.15, 0.2) is 10.3 Å². The first kappa shape index (κ1) is 27.0. The minimum Gasteiger partial charge on any atom is -0.417 e. The van der Waals surface area contributed by atoms with Crippen LogP contribution in [0.4, 0.5) is 0 Å². The topological polar surface area (TPSA) is 67.3 Å². The number of hydrogen-bond acceptors (Lipinski definition) is 5. The molecule has 0 radical (unpaired) electrons. The van der Waals surface area contributed by atoms with Crippen molar-refractivity contribution in [2.24, 2.45) is 0 Å². The van der Waals surface area contributed by atoms with Crippen molar-refractivity contribution in [3.05, 3.63) is 75.9 Å². The summed E-state index contributed by atoms with van der Waals surface area (Å²) in [6, 6.07) is 11.0. The number of halogens is 7. The summed E-state index contributed by atoms with van der Waals surface area (Å²) in [5, 5.41) is 12.5. The van der Waals surface area contributed by atoms with E-state index in [9.17, 15) is 0 Å². The van der Waals surface area contributed by atoms with Gasteiger partial charge in [-0.25, -0.2) is 0 Å². The van der Waals surface area contributed by atoms with E-state index >= 15 is 0 Å². The van der Waals surface area contributed by atoms with E-state index in [1.807, 2.05) is 12.1 Å². The number of aromatic nitrogens is 2. The van der Waals surface area contributed by atoms with Crippen LogP contribution >= 0.6 is 92.2 Å². The summed E-state index contributed by atoms with van der Waals surface area (Å²) in [4.78, 5) is 7.73. The standard InChI is InChI=1S/C10H2Cl6N2O.C9H12INO/c11-3-1-5(13)9(17-7(3)15)19-10-6(14)2-4(12)8(16)18-10;10-9-4-2-1-3-8(9)7-11-5-6-12/h1-2H;1-4,11-12H,5-7H2. The molecule has 0 aliphatic heterocycles. The lowest BCUT2D eigenvalue weighted by atomic mass is 10.2. The molecule has 0 fully saturated rings. The van der Waals surface area contributed by atoms with Crippen molar-refractivity contribution in [1.29, 1.82) is 0 Å². The Labute approximate surface area is 223 Å². The van der Waals surface area contributed by atoms with Crippen molar-refractivity contribution < 1.29 is 9.84 Å². The Kier molecular flexibility index (Phi) is 11.7. The minimum absolute atomic E-state index is 0.00357. The molecule has 5 nitrogen and oxygen atoms in total. The molecule has 166 valence electrons. The van der Waals surface area contributed by atoms with Gasteiger partial charge in [0, 0.05) is 16.7 Å². The lowest BCUT2D eigenvalue weighted by Gasteiger charge is -2.09. The first-order valence-corrected chi connectivity index (χ1v) is 11.8. The molecule has 0 aliphatic carbocycles. The number of aliphatic hydroxyl groups excluding tert-OH is 1. The van der Waals surface area contributed by atoms with Crippen molar-refractivity contribution in [2.75, 3.05) is 13.2 Å². The van der Waals surface area contributed by atoms with E-state index in [2.05, 4.69) is 50.0 Å². The quantitative estimate of drug-likeness (QED) is 0.163. The number of nitrogens with one attached hydrogen (secondary N) is 1. The Morgan fingerprint density at radius 1 is 0.839 bits per heavy atom. The van der Waals surface area contributed by atoms with Crippen LogP contribution in [0.25, 0.3) is 0 Å². The maximum absolute atomic E-state index is 8.55. The van der Waals surface area contributed by atoms with Crippen LogP contribution in [0.1, 0.15) is 5.56 Å². The van der Waals surface area contributed by atoms with Crippen LogP contribution in [0.2, 0.25) is 30.4 Å². The zero-order valence-corrected chi connectivity index (χ0v) is 22.2. The van der Waals surface area contributed by atoms with E-state index in [-0.39, 0.29) is 48.8 Å². The number of rotatable bonds is 6. The zero-order chi connectivity index (χ0) is 23.0. The molecule has 3 rings (SSSR count). The van der Waals surface area contributed by atoms with Crippen molar-refractivity contribution in [1.82, 2.24) is 15.3 Å². The summed E-state index contributed by atoms with van der Waals surface area (Å²) >= 11 is 37.2. The van der Waals surface area contributed by atoms with Gasteiger partial charge in [0.25, 0.3) is 0 Å². The number of aliphatic hydroxyl groups is 1. The van der Waals surface area contributed by atoms with Gasteiger partial charge >= 0.3 is 0 Å². The molecule has 1 aromatic carbocycles. The van der Waals surface area contributed by atoms with E-state index in [0.29, 0.717) is 6.54 Å². The summed E-state index contributed by atoms with van der Waals surface area (Å²) in [5.74, 6) is 0.00714. The summed E-state index contributed by atoms with van der Waals surface area (Å²) in [5.41, 5.74) is 1.28. The van der Waals surface area contributed by atoms with Gasteiger partial charge in [0.05, 0.1) is 16.7 Å². The molecular weight excluding hydrogens is 642 g/mol. The fraction of sp³-hybridized carbons (Fsp3) is 0.158. The molecule has 0 saturated heterocycles. The number of nitrogens with zero attached hydrogens (tertiary/aromatic N) is 2. The maximum atomic E-state index is 8.55. The van der Waals surface area contributed by atoms with E-state index in [1.54, 1.807) is 0 Å². The highest BCUT2D eigenvalue weighted by molar-refractivity contribution is 14.1. The minimum atomic E-state index is 0.00357. The Hall–Kier alpha value is -0.290. The smallest absolute Gasteiger partial charge is 0.241 e. The Bertz CT molecular complexity index is 986. The van der Waals surface area contributed by atoms with Gasteiger partial charge < -0.3 is 15.2 Å². The van der Waals surface area contributed by atoms with Crippen LogP contribution in [0, 0.1) is 3.57 Å².